The van der Waals surface area contributed by atoms with E-state index < -0.39 is 12.0 Å². The van der Waals surface area contributed by atoms with Crippen LogP contribution >= 0.6 is 0 Å². The van der Waals surface area contributed by atoms with Crippen molar-refractivity contribution in [1.29, 1.82) is 0 Å². The summed E-state index contributed by atoms with van der Waals surface area (Å²) in [5, 5.41) is 9.12. The molecule has 1 aromatic carbocycles. The molecule has 1 unspecified atom stereocenters. The van der Waals surface area contributed by atoms with Crippen LogP contribution in [0.5, 0.6) is 0 Å². The largest absolute Gasteiger partial charge is 0.480 e. The summed E-state index contributed by atoms with van der Waals surface area (Å²) in [6.45, 7) is 2.55. The highest BCUT2D eigenvalue weighted by Gasteiger charge is 2.39. The molecule has 0 bridgehead atoms. The Balaban J connectivity index is 2.17. The standard InChI is InChI=1S/C13H16N2O3/c1-9-3-5-10(6-4-9)7-15-11(12(16)17)8-14(2)13(15)18/h3-6,11H,7-8H2,1-2H3,(H,16,17). The second-order valence-corrected chi connectivity index (χ2v) is 4.63. The summed E-state index contributed by atoms with van der Waals surface area (Å²) in [6, 6.07) is 6.75. The first-order chi connectivity index (χ1) is 8.49. The van der Waals surface area contributed by atoms with Crippen molar-refractivity contribution in [2.45, 2.75) is 19.5 Å². The Morgan fingerprint density at radius 3 is 2.56 bits per heavy atom. The molecule has 1 aliphatic heterocycles. The van der Waals surface area contributed by atoms with Gasteiger partial charge in [0.15, 0.2) is 0 Å². The predicted molar refractivity (Wildman–Crippen MR) is 66.2 cm³/mol. The third-order valence-electron chi connectivity index (χ3n) is 3.15. The molecule has 0 aromatic heterocycles. The lowest BCUT2D eigenvalue weighted by Gasteiger charge is -2.20. The van der Waals surface area contributed by atoms with Gasteiger partial charge in [-0.2, -0.15) is 0 Å². The van der Waals surface area contributed by atoms with Crippen LogP contribution < -0.4 is 0 Å². The van der Waals surface area contributed by atoms with Gasteiger partial charge >= 0.3 is 12.0 Å². The lowest BCUT2D eigenvalue weighted by Crippen LogP contribution is -2.38. The smallest absolute Gasteiger partial charge is 0.328 e. The van der Waals surface area contributed by atoms with Crippen LogP contribution in [0.1, 0.15) is 11.1 Å². The van der Waals surface area contributed by atoms with Gasteiger partial charge in [0.2, 0.25) is 0 Å². The zero-order valence-electron chi connectivity index (χ0n) is 10.5. The van der Waals surface area contributed by atoms with Crippen molar-refractivity contribution in [3.05, 3.63) is 35.4 Å². The van der Waals surface area contributed by atoms with Crippen molar-refractivity contribution in [2.75, 3.05) is 13.6 Å². The summed E-state index contributed by atoms with van der Waals surface area (Å²) in [5.74, 6) is -0.959. The van der Waals surface area contributed by atoms with Crippen LogP contribution in [0.2, 0.25) is 0 Å². The molecule has 0 spiro atoms. The van der Waals surface area contributed by atoms with Crippen molar-refractivity contribution in [1.82, 2.24) is 9.80 Å². The van der Waals surface area contributed by atoms with E-state index in [1.807, 2.05) is 31.2 Å². The summed E-state index contributed by atoms with van der Waals surface area (Å²) in [6.07, 6.45) is 0. The Hall–Kier alpha value is -2.04. The molecule has 2 amide bonds. The van der Waals surface area contributed by atoms with Gasteiger partial charge in [-0.3, -0.25) is 0 Å². The maximum absolute atomic E-state index is 11.9. The highest BCUT2D eigenvalue weighted by molar-refractivity contribution is 5.86. The number of carbonyl (C=O) groups is 2. The maximum atomic E-state index is 11.9. The number of aliphatic carboxylic acids is 1. The number of benzene rings is 1. The van der Waals surface area contributed by atoms with Gasteiger partial charge in [0, 0.05) is 13.6 Å². The molecular formula is C13H16N2O3. The molecule has 2 rings (SSSR count). The third-order valence-corrected chi connectivity index (χ3v) is 3.15. The zero-order chi connectivity index (χ0) is 13.3. The second-order valence-electron chi connectivity index (χ2n) is 4.63. The number of rotatable bonds is 3. The minimum absolute atomic E-state index is 0.233. The number of carboxylic acids is 1. The van der Waals surface area contributed by atoms with E-state index in [0.717, 1.165) is 11.1 Å². The van der Waals surface area contributed by atoms with Crippen LogP contribution in [0.3, 0.4) is 0 Å². The molecule has 1 N–H and O–H groups in total. The first kappa shape index (κ1) is 12.4. The van der Waals surface area contributed by atoms with E-state index in [0.29, 0.717) is 6.54 Å². The van der Waals surface area contributed by atoms with Gasteiger partial charge in [0.05, 0.1) is 6.54 Å². The number of aryl methyl sites for hydroxylation is 1. The average molecular weight is 248 g/mol. The van der Waals surface area contributed by atoms with Gasteiger partial charge < -0.3 is 14.9 Å². The Labute approximate surface area is 106 Å². The molecule has 18 heavy (non-hydrogen) atoms. The number of likely N-dealkylation sites (N-methyl/N-ethyl adjacent to an activating group) is 1. The zero-order valence-corrected chi connectivity index (χ0v) is 10.5. The van der Waals surface area contributed by atoms with E-state index in [9.17, 15) is 9.59 Å². The van der Waals surface area contributed by atoms with Crippen LogP contribution in [0.4, 0.5) is 4.79 Å². The quantitative estimate of drug-likeness (QED) is 0.877. The fourth-order valence-corrected chi connectivity index (χ4v) is 2.07. The number of carboxylic acid groups (broad SMARTS) is 1. The molecule has 5 nitrogen and oxygen atoms in total. The summed E-state index contributed by atoms with van der Waals surface area (Å²) in [4.78, 5) is 25.8. The highest BCUT2D eigenvalue weighted by Crippen LogP contribution is 2.18. The first-order valence-electron chi connectivity index (χ1n) is 5.79. The number of hydrogen-bond acceptors (Lipinski definition) is 2. The van der Waals surface area contributed by atoms with E-state index in [-0.39, 0.29) is 12.6 Å². The lowest BCUT2D eigenvalue weighted by atomic mass is 10.1. The molecule has 1 aliphatic rings. The third kappa shape index (κ3) is 2.30. The van der Waals surface area contributed by atoms with E-state index in [2.05, 4.69) is 0 Å². The summed E-state index contributed by atoms with van der Waals surface area (Å²) in [5.41, 5.74) is 2.08. The summed E-state index contributed by atoms with van der Waals surface area (Å²) < 4.78 is 0. The number of nitrogens with zero attached hydrogens (tertiary/aromatic N) is 2. The summed E-state index contributed by atoms with van der Waals surface area (Å²) in [7, 11) is 1.62. The molecule has 0 aliphatic carbocycles. The van der Waals surface area contributed by atoms with Gasteiger partial charge in [-0.1, -0.05) is 29.8 Å². The van der Waals surface area contributed by atoms with Crippen LogP contribution in [0, 0.1) is 6.92 Å². The monoisotopic (exact) mass is 248 g/mol. The van der Waals surface area contributed by atoms with Gasteiger partial charge in [-0.15, -0.1) is 0 Å². The highest BCUT2D eigenvalue weighted by atomic mass is 16.4. The topological polar surface area (TPSA) is 60.9 Å². The SMILES string of the molecule is Cc1ccc(CN2C(=O)N(C)CC2C(=O)O)cc1. The minimum atomic E-state index is -0.959. The second kappa shape index (κ2) is 4.68. The van der Waals surface area contributed by atoms with E-state index >= 15 is 0 Å². The molecule has 96 valence electrons. The average Bonchev–Trinajstić information content (AvgIpc) is 2.60. The molecule has 1 heterocycles. The number of carbonyl (C=O) groups excluding carboxylic acids is 1. The fraction of sp³-hybridized carbons (Fsp3) is 0.385. The van der Waals surface area contributed by atoms with E-state index in [1.54, 1.807) is 7.05 Å². The molecule has 0 saturated carbocycles. The van der Waals surface area contributed by atoms with Gasteiger partial charge in [0.25, 0.3) is 0 Å². The van der Waals surface area contributed by atoms with Crippen molar-refractivity contribution in [3.63, 3.8) is 0 Å². The normalized spacial score (nSPS) is 19.4. The molecule has 1 saturated heterocycles. The Morgan fingerprint density at radius 2 is 2.00 bits per heavy atom. The van der Waals surface area contributed by atoms with Crippen molar-refractivity contribution >= 4 is 12.0 Å². The maximum Gasteiger partial charge on any atom is 0.328 e. The van der Waals surface area contributed by atoms with Crippen LogP contribution in [0.15, 0.2) is 24.3 Å². The predicted octanol–water partition coefficient (Wildman–Crippen LogP) is 1.32. The molecule has 1 atom stereocenters. The van der Waals surface area contributed by atoms with Gasteiger partial charge in [-0.05, 0) is 12.5 Å². The summed E-state index contributed by atoms with van der Waals surface area (Å²) >= 11 is 0. The first-order valence-corrected chi connectivity index (χ1v) is 5.79. The molecular weight excluding hydrogens is 232 g/mol. The Morgan fingerprint density at radius 1 is 1.39 bits per heavy atom. The van der Waals surface area contributed by atoms with Gasteiger partial charge in [-0.25, -0.2) is 9.59 Å². The molecule has 1 fully saturated rings. The van der Waals surface area contributed by atoms with Crippen molar-refractivity contribution in [3.8, 4) is 0 Å². The molecule has 1 aromatic rings. The molecule has 0 radical (unpaired) electrons. The van der Waals surface area contributed by atoms with Crippen molar-refractivity contribution < 1.29 is 14.7 Å². The van der Waals surface area contributed by atoms with Crippen LogP contribution in [-0.4, -0.2) is 46.5 Å². The fourth-order valence-electron chi connectivity index (χ4n) is 2.07. The van der Waals surface area contributed by atoms with E-state index in [1.165, 1.54) is 9.80 Å². The van der Waals surface area contributed by atoms with Gasteiger partial charge in [0.1, 0.15) is 6.04 Å². The Kier molecular flexibility index (Phi) is 3.23. The number of hydrogen-bond donors (Lipinski definition) is 1. The van der Waals surface area contributed by atoms with Crippen molar-refractivity contribution in [2.24, 2.45) is 0 Å². The Bertz CT molecular complexity index is 470. The van der Waals surface area contributed by atoms with Crippen LogP contribution in [-0.2, 0) is 11.3 Å². The minimum Gasteiger partial charge on any atom is -0.480 e. The number of urea groups is 1. The number of amides is 2. The van der Waals surface area contributed by atoms with Crippen LogP contribution in [0.25, 0.3) is 0 Å². The molecule has 5 heteroatoms. The lowest BCUT2D eigenvalue weighted by molar-refractivity contribution is -0.141. The van der Waals surface area contributed by atoms with E-state index in [4.69, 9.17) is 5.11 Å².